The Balaban J connectivity index is 2.18. The van der Waals surface area contributed by atoms with Crippen LogP contribution in [0.25, 0.3) is 0 Å². The van der Waals surface area contributed by atoms with Crippen LogP contribution in [0.1, 0.15) is 30.1 Å². The number of ether oxygens (including phenoxy) is 1. The van der Waals surface area contributed by atoms with Crippen LogP contribution in [0.15, 0.2) is 24.3 Å². The molecule has 24 heavy (non-hydrogen) atoms. The highest BCUT2D eigenvalue weighted by atomic mass is 19.4. The zero-order valence-electron chi connectivity index (χ0n) is 13.2. The molecule has 1 aliphatic heterocycles. The Morgan fingerprint density at radius 1 is 1.21 bits per heavy atom. The first-order valence-corrected chi connectivity index (χ1v) is 7.59. The minimum Gasteiger partial charge on any atom is -0.381 e. The van der Waals surface area contributed by atoms with Gasteiger partial charge in [0, 0.05) is 37.4 Å². The highest BCUT2D eigenvalue weighted by Gasteiger charge is 2.37. The van der Waals surface area contributed by atoms with Gasteiger partial charge in [-0.05, 0) is 37.1 Å². The van der Waals surface area contributed by atoms with Crippen LogP contribution in [0.4, 0.5) is 18.9 Å². The van der Waals surface area contributed by atoms with Crippen molar-refractivity contribution in [2.75, 3.05) is 25.1 Å². The van der Waals surface area contributed by atoms with Crippen LogP contribution in [-0.4, -0.2) is 48.7 Å². The normalized spacial score (nSPS) is 15.8. The molecule has 1 saturated heterocycles. The Hall–Kier alpha value is -2.09. The summed E-state index contributed by atoms with van der Waals surface area (Å²) in [6, 6.07) is 5.31. The van der Waals surface area contributed by atoms with E-state index in [4.69, 9.17) is 4.74 Å². The molecular weight excluding hydrogens is 325 g/mol. The first-order chi connectivity index (χ1) is 11.3. The van der Waals surface area contributed by atoms with Crippen LogP contribution in [-0.2, 0) is 9.53 Å². The van der Waals surface area contributed by atoms with Gasteiger partial charge in [-0.3, -0.25) is 9.59 Å². The van der Waals surface area contributed by atoms with E-state index in [1.165, 1.54) is 31.2 Å². The molecule has 1 fully saturated rings. The van der Waals surface area contributed by atoms with Crippen molar-refractivity contribution in [3.63, 3.8) is 0 Å². The summed E-state index contributed by atoms with van der Waals surface area (Å²) in [7, 11) is 0. The van der Waals surface area contributed by atoms with E-state index in [1.54, 1.807) is 0 Å². The predicted molar refractivity (Wildman–Crippen MR) is 81.7 cm³/mol. The first kappa shape index (κ1) is 18.3. The molecule has 0 unspecified atom stereocenters. The number of hydrogen-bond acceptors (Lipinski definition) is 3. The predicted octanol–water partition coefficient (Wildman–Crippen LogP) is 2.83. The third kappa shape index (κ3) is 5.23. The fourth-order valence-corrected chi connectivity index (χ4v) is 2.62. The Kier molecular flexibility index (Phi) is 5.82. The molecule has 1 aromatic rings. The summed E-state index contributed by atoms with van der Waals surface area (Å²) in [6.07, 6.45) is -3.71. The second kappa shape index (κ2) is 7.65. The number of benzene rings is 1. The molecule has 8 heteroatoms. The van der Waals surface area contributed by atoms with Gasteiger partial charge in [-0.15, -0.1) is 0 Å². The van der Waals surface area contributed by atoms with E-state index in [0.717, 1.165) is 4.90 Å². The van der Waals surface area contributed by atoms with E-state index in [1.807, 2.05) is 0 Å². The van der Waals surface area contributed by atoms with Gasteiger partial charge in [-0.1, -0.05) is 0 Å². The van der Waals surface area contributed by atoms with Crippen LogP contribution < -0.4 is 5.32 Å². The fourth-order valence-electron chi connectivity index (χ4n) is 2.62. The number of rotatable bonds is 4. The molecule has 132 valence electrons. The minimum absolute atomic E-state index is 0.153. The van der Waals surface area contributed by atoms with Crippen LogP contribution >= 0.6 is 0 Å². The molecule has 1 heterocycles. The Labute approximate surface area is 137 Å². The van der Waals surface area contributed by atoms with Crippen LogP contribution in [0.3, 0.4) is 0 Å². The van der Waals surface area contributed by atoms with Crippen molar-refractivity contribution in [2.45, 2.75) is 32.0 Å². The number of carbonyl (C=O) groups excluding carboxylic acids is 2. The lowest BCUT2D eigenvalue weighted by atomic mass is 10.0. The zero-order valence-corrected chi connectivity index (χ0v) is 13.2. The van der Waals surface area contributed by atoms with Gasteiger partial charge in [0.1, 0.15) is 6.54 Å². The van der Waals surface area contributed by atoms with Crippen LogP contribution in [0.5, 0.6) is 0 Å². The standard InChI is InChI=1S/C16H19F3N2O3/c1-11(22)20-13-4-2-12(3-5-13)15(23)21(10-16(17,18)19)14-6-8-24-9-7-14/h2-5,14H,6-10H2,1H3,(H,20,22). The summed E-state index contributed by atoms with van der Waals surface area (Å²) in [4.78, 5) is 24.4. The van der Waals surface area contributed by atoms with E-state index in [9.17, 15) is 22.8 Å². The van der Waals surface area contributed by atoms with Crippen molar-refractivity contribution in [1.29, 1.82) is 0 Å². The number of amides is 2. The maximum absolute atomic E-state index is 12.9. The summed E-state index contributed by atoms with van der Waals surface area (Å²) in [5.74, 6) is -0.941. The molecule has 5 nitrogen and oxygen atoms in total. The molecule has 0 aromatic heterocycles. The monoisotopic (exact) mass is 344 g/mol. The molecule has 1 aromatic carbocycles. The summed E-state index contributed by atoms with van der Waals surface area (Å²) >= 11 is 0. The molecule has 0 spiro atoms. The van der Waals surface area contributed by atoms with E-state index < -0.39 is 24.7 Å². The third-order valence-corrected chi connectivity index (χ3v) is 3.69. The fraction of sp³-hybridized carbons (Fsp3) is 0.500. The molecule has 2 amide bonds. The number of alkyl halides is 3. The van der Waals surface area contributed by atoms with Crippen molar-refractivity contribution in [3.8, 4) is 0 Å². The molecule has 0 radical (unpaired) electrons. The average Bonchev–Trinajstić information content (AvgIpc) is 2.52. The lowest BCUT2D eigenvalue weighted by Crippen LogP contribution is -2.47. The van der Waals surface area contributed by atoms with Crippen LogP contribution in [0, 0.1) is 0 Å². The second-order valence-corrected chi connectivity index (χ2v) is 5.65. The SMILES string of the molecule is CC(=O)Nc1ccc(C(=O)N(CC(F)(F)F)C2CCOCC2)cc1. The number of carbonyl (C=O) groups is 2. The Morgan fingerprint density at radius 3 is 2.29 bits per heavy atom. The maximum Gasteiger partial charge on any atom is 0.406 e. The summed E-state index contributed by atoms with van der Waals surface area (Å²) in [5.41, 5.74) is 0.632. The van der Waals surface area contributed by atoms with E-state index in [2.05, 4.69) is 5.32 Å². The first-order valence-electron chi connectivity index (χ1n) is 7.59. The smallest absolute Gasteiger partial charge is 0.381 e. The largest absolute Gasteiger partial charge is 0.406 e. The quantitative estimate of drug-likeness (QED) is 0.914. The number of anilines is 1. The van der Waals surface area contributed by atoms with Crippen molar-refractivity contribution in [1.82, 2.24) is 4.90 Å². The number of hydrogen-bond donors (Lipinski definition) is 1. The van der Waals surface area contributed by atoms with Gasteiger partial charge in [0.15, 0.2) is 0 Å². The molecular formula is C16H19F3N2O3. The topological polar surface area (TPSA) is 58.6 Å². The van der Waals surface area contributed by atoms with Gasteiger partial charge < -0.3 is 15.0 Å². The van der Waals surface area contributed by atoms with Crippen LogP contribution in [0.2, 0.25) is 0 Å². The lowest BCUT2D eigenvalue weighted by Gasteiger charge is -2.34. The lowest BCUT2D eigenvalue weighted by molar-refractivity contribution is -0.147. The average molecular weight is 344 g/mol. The van der Waals surface area contributed by atoms with Gasteiger partial charge in [0.25, 0.3) is 5.91 Å². The van der Waals surface area contributed by atoms with Crippen molar-refractivity contribution in [3.05, 3.63) is 29.8 Å². The second-order valence-electron chi connectivity index (χ2n) is 5.65. The molecule has 0 bridgehead atoms. The molecule has 0 saturated carbocycles. The maximum atomic E-state index is 12.9. The van der Waals surface area contributed by atoms with Crippen molar-refractivity contribution >= 4 is 17.5 Å². The number of halogens is 3. The van der Waals surface area contributed by atoms with E-state index in [0.29, 0.717) is 31.7 Å². The summed E-state index contributed by atoms with van der Waals surface area (Å²) in [5, 5.41) is 2.54. The minimum atomic E-state index is -4.47. The number of nitrogens with one attached hydrogen (secondary N) is 1. The van der Waals surface area contributed by atoms with E-state index in [-0.39, 0.29) is 11.5 Å². The van der Waals surface area contributed by atoms with Gasteiger partial charge in [-0.2, -0.15) is 13.2 Å². The third-order valence-electron chi connectivity index (χ3n) is 3.69. The van der Waals surface area contributed by atoms with Gasteiger partial charge in [0.05, 0.1) is 0 Å². The van der Waals surface area contributed by atoms with E-state index >= 15 is 0 Å². The Morgan fingerprint density at radius 2 is 1.79 bits per heavy atom. The summed E-state index contributed by atoms with van der Waals surface area (Å²) < 4.78 is 43.8. The molecule has 0 aliphatic carbocycles. The molecule has 0 atom stereocenters. The van der Waals surface area contributed by atoms with Crippen molar-refractivity contribution < 1.29 is 27.5 Å². The van der Waals surface area contributed by atoms with Gasteiger partial charge in [0.2, 0.25) is 5.91 Å². The summed E-state index contributed by atoms with van der Waals surface area (Å²) in [6.45, 7) is 0.737. The van der Waals surface area contributed by atoms with Gasteiger partial charge >= 0.3 is 6.18 Å². The number of nitrogens with zero attached hydrogens (tertiary/aromatic N) is 1. The molecule has 2 rings (SSSR count). The van der Waals surface area contributed by atoms with Crippen molar-refractivity contribution in [2.24, 2.45) is 0 Å². The van der Waals surface area contributed by atoms with Gasteiger partial charge in [-0.25, -0.2) is 0 Å². The highest BCUT2D eigenvalue weighted by molar-refractivity contribution is 5.95. The zero-order chi connectivity index (χ0) is 17.7. The molecule has 1 aliphatic rings. The highest BCUT2D eigenvalue weighted by Crippen LogP contribution is 2.24. The Bertz CT molecular complexity index is 581. The molecule has 1 N–H and O–H groups in total.